The lowest BCUT2D eigenvalue weighted by atomic mass is 10.2. The Morgan fingerprint density at radius 2 is 2.09 bits per heavy atom. The van der Waals surface area contributed by atoms with Gasteiger partial charge in [-0.3, -0.25) is 4.79 Å². The van der Waals surface area contributed by atoms with Crippen molar-refractivity contribution in [1.82, 2.24) is 9.78 Å². The number of rotatable bonds is 4. The van der Waals surface area contributed by atoms with Crippen LogP contribution in [0, 0.1) is 12.8 Å². The molecule has 1 saturated carbocycles. The molecule has 0 saturated heterocycles. The van der Waals surface area contributed by atoms with Gasteiger partial charge in [-0.25, -0.2) is 0 Å². The van der Waals surface area contributed by atoms with Gasteiger partial charge in [-0.15, -0.1) is 0 Å². The maximum Gasteiger partial charge on any atom is 0.292 e. The van der Waals surface area contributed by atoms with Crippen molar-refractivity contribution in [3.63, 3.8) is 0 Å². The smallest absolute Gasteiger partial charge is 0.292 e. The normalized spacial score (nSPS) is 14.2. The first-order valence-electron chi connectivity index (χ1n) is 7.23. The summed E-state index contributed by atoms with van der Waals surface area (Å²) in [4.78, 5) is 14.5. The van der Waals surface area contributed by atoms with E-state index in [1.807, 2.05) is 24.9 Å². The average Bonchev–Trinajstić information content (AvgIpc) is 3.28. The second-order valence-electron chi connectivity index (χ2n) is 5.82. The van der Waals surface area contributed by atoms with E-state index in [-0.39, 0.29) is 10.6 Å². The Morgan fingerprint density at radius 1 is 1.36 bits per heavy atom. The Hall–Kier alpha value is -1.52. The Kier molecular flexibility index (Phi) is 4.15. The molecule has 1 aliphatic carbocycles. The highest BCUT2D eigenvalue weighted by Gasteiger charge is 2.24. The molecular weight excluding hydrogens is 321 g/mol. The van der Waals surface area contributed by atoms with Crippen molar-refractivity contribution in [3.05, 3.63) is 50.4 Å². The van der Waals surface area contributed by atoms with Crippen LogP contribution in [0.1, 0.15) is 18.4 Å². The molecule has 2 aromatic rings. The van der Waals surface area contributed by atoms with Gasteiger partial charge in [0.2, 0.25) is 0 Å². The van der Waals surface area contributed by atoms with Crippen LogP contribution in [0.5, 0.6) is 0 Å². The molecule has 0 aliphatic heterocycles. The maximum atomic E-state index is 12.5. The van der Waals surface area contributed by atoms with Gasteiger partial charge in [-0.2, -0.15) is 9.78 Å². The summed E-state index contributed by atoms with van der Waals surface area (Å²) in [6, 6.07) is 5.38. The number of benzene rings is 1. The van der Waals surface area contributed by atoms with Crippen molar-refractivity contribution in [2.45, 2.75) is 19.8 Å². The first-order valence-corrected chi connectivity index (χ1v) is 7.98. The molecule has 4 nitrogen and oxygen atoms in total. The van der Waals surface area contributed by atoms with Crippen LogP contribution in [0.4, 0.5) is 5.69 Å². The third-order valence-corrected chi connectivity index (χ3v) is 4.70. The van der Waals surface area contributed by atoms with Gasteiger partial charge in [0.05, 0.1) is 17.6 Å². The summed E-state index contributed by atoms with van der Waals surface area (Å²) in [5.74, 6) is 0.708. The number of aromatic nitrogens is 2. The topological polar surface area (TPSA) is 38.1 Å². The van der Waals surface area contributed by atoms with Gasteiger partial charge in [-0.1, -0.05) is 29.3 Å². The lowest BCUT2D eigenvalue weighted by Crippen LogP contribution is -2.27. The van der Waals surface area contributed by atoms with Gasteiger partial charge in [0.25, 0.3) is 5.56 Å². The van der Waals surface area contributed by atoms with E-state index in [9.17, 15) is 4.79 Å². The highest BCUT2D eigenvalue weighted by molar-refractivity contribution is 6.33. The second-order valence-corrected chi connectivity index (χ2v) is 6.60. The van der Waals surface area contributed by atoms with Crippen LogP contribution in [-0.2, 0) is 0 Å². The Balaban J connectivity index is 1.98. The molecule has 116 valence electrons. The zero-order valence-electron chi connectivity index (χ0n) is 12.5. The second kappa shape index (κ2) is 5.94. The number of aryl methyl sites for hydroxylation is 1. The summed E-state index contributed by atoms with van der Waals surface area (Å²) in [5.41, 5.74) is 1.90. The number of hydrogen-bond donors (Lipinski definition) is 0. The summed E-state index contributed by atoms with van der Waals surface area (Å²) in [5, 5.41) is 5.03. The van der Waals surface area contributed by atoms with E-state index >= 15 is 0 Å². The molecule has 1 heterocycles. The summed E-state index contributed by atoms with van der Waals surface area (Å²) in [7, 11) is 1.94. The molecule has 1 aromatic heterocycles. The lowest BCUT2D eigenvalue weighted by molar-refractivity contribution is 0.763. The molecule has 1 aromatic carbocycles. The third kappa shape index (κ3) is 2.99. The van der Waals surface area contributed by atoms with Crippen LogP contribution in [-0.4, -0.2) is 23.4 Å². The van der Waals surface area contributed by atoms with Crippen LogP contribution in [0.25, 0.3) is 5.69 Å². The molecule has 0 atom stereocenters. The van der Waals surface area contributed by atoms with Crippen molar-refractivity contribution in [2.75, 3.05) is 18.5 Å². The van der Waals surface area contributed by atoms with E-state index in [1.54, 1.807) is 18.3 Å². The monoisotopic (exact) mass is 337 g/mol. The fourth-order valence-corrected chi connectivity index (χ4v) is 2.82. The molecule has 0 spiro atoms. The summed E-state index contributed by atoms with van der Waals surface area (Å²) < 4.78 is 1.28. The highest BCUT2D eigenvalue weighted by atomic mass is 35.5. The molecule has 0 amide bonds. The van der Waals surface area contributed by atoms with Gasteiger partial charge < -0.3 is 4.90 Å². The van der Waals surface area contributed by atoms with Crippen molar-refractivity contribution < 1.29 is 0 Å². The van der Waals surface area contributed by atoms with E-state index in [0.29, 0.717) is 22.3 Å². The van der Waals surface area contributed by atoms with E-state index in [2.05, 4.69) is 5.10 Å². The molecular formula is C16H17Cl2N3O. The number of halogens is 2. The lowest BCUT2D eigenvalue weighted by Gasteiger charge is -2.20. The zero-order valence-corrected chi connectivity index (χ0v) is 14.0. The quantitative estimate of drug-likeness (QED) is 0.853. The van der Waals surface area contributed by atoms with Crippen LogP contribution in [0.15, 0.2) is 29.2 Å². The summed E-state index contributed by atoms with van der Waals surface area (Å²) in [6.45, 7) is 2.81. The standard InChI is InChI=1S/C16H17Cl2N3O/c1-10-3-6-12(7-13(10)17)21-16(22)15(18)14(8-19-21)20(2)9-11-4-5-11/h3,6-8,11H,4-5,9H2,1-2H3. The zero-order chi connectivity index (χ0) is 15.9. The minimum Gasteiger partial charge on any atom is -0.372 e. The molecule has 0 N–H and O–H groups in total. The minimum atomic E-state index is -0.332. The van der Waals surface area contributed by atoms with Gasteiger partial charge in [-0.05, 0) is 43.4 Å². The van der Waals surface area contributed by atoms with Gasteiger partial charge in [0.15, 0.2) is 0 Å². The Bertz CT molecular complexity index is 768. The number of hydrogen-bond acceptors (Lipinski definition) is 3. The number of nitrogens with zero attached hydrogens (tertiary/aromatic N) is 3. The fraction of sp³-hybridized carbons (Fsp3) is 0.375. The highest BCUT2D eigenvalue weighted by Crippen LogP contribution is 2.32. The van der Waals surface area contributed by atoms with E-state index in [1.165, 1.54) is 17.5 Å². The summed E-state index contributed by atoms with van der Waals surface area (Å²) >= 11 is 12.4. The van der Waals surface area contributed by atoms with Crippen molar-refractivity contribution >= 4 is 28.9 Å². The van der Waals surface area contributed by atoms with Gasteiger partial charge >= 0.3 is 0 Å². The molecule has 1 aliphatic rings. The predicted molar refractivity (Wildman–Crippen MR) is 90.6 cm³/mol. The van der Waals surface area contributed by atoms with E-state index < -0.39 is 0 Å². The minimum absolute atomic E-state index is 0.190. The van der Waals surface area contributed by atoms with Crippen LogP contribution < -0.4 is 10.5 Å². The first-order chi connectivity index (χ1) is 10.5. The Morgan fingerprint density at radius 3 is 2.73 bits per heavy atom. The van der Waals surface area contributed by atoms with Crippen LogP contribution in [0.2, 0.25) is 10.0 Å². The predicted octanol–water partition coefficient (Wildman–Crippen LogP) is 3.69. The van der Waals surface area contributed by atoms with Crippen LogP contribution in [0.3, 0.4) is 0 Å². The van der Waals surface area contributed by atoms with Crippen molar-refractivity contribution in [1.29, 1.82) is 0 Å². The van der Waals surface area contributed by atoms with Crippen molar-refractivity contribution in [2.24, 2.45) is 5.92 Å². The van der Waals surface area contributed by atoms with Crippen LogP contribution >= 0.6 is 23.2 Å². The van der Waals surface area contributed by atoms with Gasteiger partial charge in [0, 0.05) is 18.6 Å². The molecule has 1 fully saturated rings. The molecule has 22 heavy (non-hydrogen) atoms. The first kappa shape index (κ1) is 15.4. The Labute approximate surface area is 139 Å². The average molecular weight is 338 g/mol. The molecule has 3 rings (SSSR count). The SMILES string of the molecule is Cc1ccc(-n2ncc(N(C)CC3CC3)c(Cl)c2=O)cc1Cl. The summed E-state index contributed by atoms with van der Waals surface area (Å²) in [6.07, 6.45) is 4.13. The molecule has 0 radical (unpaired) electrons. The van der Waals surface area contributed by atoms with Gasteiger partial charge in [0.1, 0.15) is 5.02 Å². The molecule has 0 unspecified atom stereocenters. The molecule has 0 bridgehead atoms. The fourth-order valence-electron chi connectivity index (χ4n) is 2.37. The number of anilines is 1. The van der Waals surface area contributed by atoms with Crippen molar-refractivity contribution in [3.8, 4) is 5.69 Å². The van der Waals surface area contributed by atoms with E-state index in [0.717, 1.165) is 12.1 Å². The maximum absolute atomic E-state index is 12.5. The third-order valence-electron chi connectivity index (χ3n) is 3.94. The van der Waals surface area contributed by atoms with E-state index in [4.69, 9.17) is 23.2 Å². The molecule has 6 heteroatoms. The largest absolute Gasteiger partial charge is 0.372 e.